The van der Waals surface area contributed by atoms with Crippen molar-refractivity contribution in [3.05, 3.63) is 53.0 Å². The lowest BCUT2D eigenvalue weighted by Crippen LogP contribution is -2.70. The number of carboxylic acid groups (broad SMARTS) is 1. The fourth-order valence-corrected chi connectivity index (χ4v) is 6.13. The molecule has 1 saturated heterocycles. The van der Waals surface area contributed by atoms with Crippen LogP contribution in [0.5, 0.6) is 0 Å². The first-order valence-corrected chi connectivity index (χ1v) is 11.9. The van der Waals surface area contributed by atoms with E-state index in [9.17, 15) is 19.5 Å². The molecule has 11 heteroatoms. The van der Waals surface area contributed by atoms with Crippen LogP contribution < -0.4 is 11.1 Å². The number of nitrogens with one attached hydrogen (secondary N) is 1. The van der Waals surface area contributed by atoms with E-state index in [2.05, 4.69) is 10.3 Å². The highest BCUT2D eigenvalue weighted by molar-refractivity contribution is 8.01. The Hall–Kier alpha value is -2.92. The summed E-state index contributed by atoms with van der Waals surface area (Å²) in [4.78, 5) is 42.9. The van der Waals surface area contributed by atoms with Crippen LogP contribution in [0, 0.1) is 6.92 Å². The second kappa shape index (κ2) is 8.91. The molecule has 3 heterocycles. The lowest BCUT2D eigenvalue weighted by molar-refractivity contribution is -0.150. The van der Waals surface area contributed by atoms with Gasteiger partial charge in [0.15, 0.2) is 5.16 Å². The predicted octanol–water partition coefficient (Wildman–Crippen LogP) is 1.38. The number of para-hydroxylation sites is 1. The van der Waals surface area contributed by atoms with E-state index < -0.39 is 23.3 Å². The number of amides is 2. The van der Waals surface area contributed by atoms with Crippen LogP contribution in [0.25, 0.3) is 0 Å². The largest absolute Gasteiger partial charge is 0.477 e. The minimum Gasteiger partial charge on any atom is -0.477 e. The number of carboxylic acids is 1. The zero-order chi connectivity index (χ0) is 23.0. The van der Waals surface area contributed by atoms with Crippen LogP contribution in [0.4, 0.5) is 5.69 Å². The van der Waals surface area contributed by atoms with Crippen molar-refractivity contribution in [2.24, 2.45) is 7.05 Å². The van der Waals surface area contributed by atoms with E-state index in [0.717, 1.165) is 10.9 Å². The number of nitrogen functional groups attached to an aromatic ring is 1. The van der Waals surface area contributed by atoms with E-state index >= 15 is 0 Å². The molecule has 0 saturated carbocycles. The Balaban J connectivity index is 1.45. The van der Waals surface area contributed by atoms with Crippen molar-refractivity contribution >= 4 is 47.0 Å². The van der Waals surface area contributed by atoms with Gasteiger partial charge in [0.25, 0.3) is 5.91 Å². The molecule has 2 amide bonds. The number of imidazole rings is 1. The zero-order valence-corrected chi connectivity index (χ0v) is 19.2. The average Bonchev–Trinajstić information content (AvgIpc) is 3.09. The highest BCUT2D eigenvalue weighted by atomic mass is 32.2. The van der Waals surface area contributed by atoms with Gasteiger partial charge < -0.3 is 20.7 Å². The number of aromatic nitrogens is 2. The Morgan fingerprint density at radius 3 is 2.78 bits per heavy atom. The van der Waals surface area contributed by atoms with Crippen molar-refractivity contribution in [1.29, 1.82) is 0 Å². The molecule has 1 aromatic heterocycles. The van der Waals surface area contributed by atoms with Gasteiger partial charge in [-0.15, -0.1) is 11.8 Å². The maximum absolute atomic E-state index is 12.8. The third-order valence-corrected chi connectivity index (χ3v) is 8.00. The molecule has 0 spiro atoms. The summed E-state index contributed by atoms with van der Waals surface area (Å²) in [6, 6.07) is 6.30. The van der Waals surface area contributed by atoms with Crippen LogP contribution in [0.3, 0.4) is 0 Å². The summed E-state index contributed by atoms with van der Waals surface area (Å²) in [5.41, 5.74) is 8.76. The topological polar surface area (TPSA) is 131 Å². The second-order valence-corrected chi connectivity index (χ2v) is 9.67. The van der Waals surface area contributed by atoms with E-state index in [-0.39, 0.29) is 18.0 Å². The number of aliphatic carboxylic acids is 1. The Morgan fingerprint density at radius 1 is 1.38 bits per heavy atom. The monoisotopic (exact) mass is 473 g/mol. The van der Waals surface area contributed by atoms with Gasteiger partial charge in [0, 0.05) is 36.1 Å². The molecule has 168 valence electrons. The molecular weight excluding hydrogens is 450 g/mol. The quantitative estimate of drug-likeness (QED) is 0.312. The molecule has 0 radical (unpaired) electrons. The Labute approximate surface area is 193 Å². The normalized spacial score (nSPS) is 20.1. The fourth-order valence-electron chi connectivity index (χ4n) is 3.65. The zero-order valence-electron chi connectivity index (χ0n) is 17.6. The van der Waals surface area contributed by atoms with Gasteiger partial charge in [0.1, 0.15) is 17.1 Å². The average molecular weight is 474 g/mol. The molecule has 0 bridgehead atoms. The first kappa shape index (κ1) is 22.3. The van der Waals surface area contributed by atoms with Gasteiger partial charge in [-0.05, 0) is 24.1 Å². The van der Waals surface area contributed by atoms with E-state index in [0.29, 0.717) is 28.3 Å². The molecule has 2 aliphatic heterocycles. The first-order valence-electron chi connectivity index (χ1n) is 9.91. The Morgan fingerprint density at radius 2 is 2.12 bits per heavy atom. The van der Waals surface area contributed by atoms with Gasteiger partial charge >= 0.3 is 5.97 Å². The highest BCUT2D eigenvalue weighted by Crippen LogP contribution is 2.41. The van der Waals surface area contributed by atoms with E-state index in [4.69, 9.17) is 5.73 Å². The Kier molecular flexibility index (Phi) is 6.20. The van der Waals surface area contributed by atoms with Crippen molar-refractivity contribution in [2.75, 3.05) is 17.2 Å². The number of nitrogens with two attached hydrogens (primary N) is 1. The number of carbonyl (C=O) groups excluding carboxylic acids is 2. The molecule has 32 heavy (non-hydrogen) atoms. The Bertz CT molecular complexity index is 1130. The molecule has 1 fully saturated rings. The number of fused-ring (bicyclic) bond motifs is 1. The number of nitrogens with zero attached hydrogens (tertiary/aromatic N) is 3. The molecule has 9 nitrogen and oxygen atoms in total. The maximum Gasteiger partial charge on any atom is 0.352 e. The summed E-state index contributed by atoms with van der Waals surface area (Å²) < 4.78 is 1.93. The smallest absolute Gasteiger partial charge is 0.352 e. The van der Waals surface area contributed by atoms with Crippen molar-refractivity contribution in [2.45, 2.75) is 29.9 Å². The number of hydrogen-bond donors (Lipinski definition) is 3. The van der Waals surface area contributed by atoms with Gasteiger partial charge in [0.05, 0.1) is 6.42 Å². The molecule has 1 unspecified atom stereocenters. The molecule has 0 aliphatic carbocycles. The number of hydrogen-bond acceptors (Lipinski definition) is 7. The van der Waals surface area contributed by atoms with E-state index in [1.807, 2.05) is 18.5 Å². The SMILES string of the molecule is Cc1cnc(SCC2=C(C(=O)O)N3C(=O)C(NC(=O)Cc4ccccc4N)[C@H]3SC2)n1C. The molecule has 4 N–H and O–H groups in total. The van der Waals surface area contributed by atoms with Crippen molar-refractivity contribution in [3.63, 3.8) is 0 Å². The van der Waals surface area contributed by atoms with Gasteiger partial charge in [-0.2, -0.15) is 0 Å². The predicted molar refractivity (Wildman–Crippen MR) is 123 cm³/mol. The summed E-state index contributed by atoms with van der Waals surface area (Å²) in [5.74, 6) is -1.00. The minimum atomic E-state index is -1.14. The van der Waals surface area contributed by atoms with Gasteiger partial charge in [-0.3, -0.25) is 14.5 Å². The number of rotatable bonds is 7. The number of carbonyl (C=O) groups is 3. The number of β-lactam (4-membered cyclic amide) rings is 1. The molecule has 4 rings (SSSR count). The summed E-state index contributed by atoms with van der Waals surface area (Å²) in [5, 5.41) is 12.9. The van der Waals surface area contributed by atoms with Crippen LogP contribution >= 0.6 is 23.5 Å². The van der Waals surface area contributed by atoms with Crippen molar-refractivity contribution in [3.8, 4) is 0 Å². The van der Waals surface area contributed by atoms with Crippen molar-refractivity contribution < 1.29 is 19.5 Å². The lowest BCUT2D eigenvalue weighted by atomic mass is 10.0. The van der Waals surface area contributed by atoms with Crippen LogP contribution in [-0.4, -0.2) is 60.3 Å². The molecule has 1 aromatic carbocycles. The summed E-state index contributed by atoms with van der Waals surface area (Å²) in [7, 11) is 1.90. The van der Waals surface area contributed by atoms with Gasteiger partial charge in [0.2, 0.25) is 5.91 Å². The van der Waals surface area contributed by atoms with Crippen LogP contribution in [0.15, 0.2) is 46.9 Å². The number of anilines is 1. The van der Waals surface area contributed by atoms with Crippen molar-refractivity contribution in [1.82, 2.24) is 19.8 Å². The van der Waals surface area contributed by atoms with E-state index in [1.165, 1.54) is 28.4 Å². The third-order valence-electron chi connectivity index (χ3n) is 5.53. The summed E-state index contributed by atoms with van der Waals surface area (Å²) in [6.07, 6.45) is 1.82. The third kappa shape index (κ3) is 4.09. The van der Waals surface area contributed by atoms with Gasteiger partial charge in [-0.1, -0.05) is 30.0 Å². The van der Waals surface area contributed by atoms with Crippen LogP contribution in [-0.2, 0) is 27.9 Å². The maximum atomic E-state index is 12.8. The second-order valence-electron chi connectivity index (χ2n) is 7.62. The van der Waals surface area contributed by atoms with Crippen LogP contribution in [0.2, 0.25) is 0 Å². The minimum absolute atomic E-state index is 0.00924. The number of aryl methyl sites for hydroxylation is 1. The van der Waals surface area contributed by atoms with Crippen LogP contribution in [0.1, 0.15) is 11.3 Å². The van der Waals surface area contributed by atoms with E-state index in [1.54, 1.807) is 30.5 Å². The highest BCUT2D eigenvalue weighted by Gasteiger charge is 2.54. The molecule has 2 atom stereocenters. The molecular formula is C21H23N5O4S2. The lowest BCUT2D eigenvalue weighted by Gasteiger charge is -2.49. The first-order chi connectivity index (χ1) is 15.3. The van der Waals surface area contributed by atoms with Gasteiger partial charge in [-0.25, -0.2) is 9.78 Å². The number of benzene rings is 1. The molecule has 2 aromatic rings. The standard InChI is InChI=1S/C21H23N5O4S2/c1-11-8-23-21(25(11)2)32-10-13-9-31-19-16(18(28)26(19)17(13)20(29)30)24-15(27)7-12-5-3-4-6-14(12)22/h3-6,8,16,19H,7,9-10,22H2,1-2H3,(H,24,27)(H,29,30)/t16?,19-/m1/s1. The molecule has 2 aliphatic rings. The fraction of sp³-hybridized carbons (Fsp3) is 0.333. The summed E-state index contributed by atoms with van der Waals surface area (Å²) >= 11 is 2.89. The summed E-state index contributed by atoms with van der Waals surface area (Å²) in [6.45, 7) is 1.94. The number of thioether (sulfide) groups is 2.